The topological polar surface area (TPSA) is 58.4 Å². The van der Waals surface area contributed by atoms with Gasteiger partial charge in [0.15, 0.2) is 0 Å². The van der Waals surface area contributed by atoms with E-state index < -0.39 is 5.54 Å². The van der Waals surface area contributed by atoms with Crippen molar-refractivity contribution in [1.29, 1.82) is 0 Å². The van der Waals surface area contributed by atoms with Crippen molar-refractivity contribution in [3.05, 3.63) is 0 Å². The zero-order valence-electron chi connectivity index (χ0n) is 12.3. The Balaban J connectivity index is 1.96. The summed E-state index contributed by atoms with van der Waals surface area (Å²) in [6.07, 6.45) is 9.63. The average molecular weight is 267 g/mol. The Morgan fingerprint density at radius 2 is 1.89 bits per heavy atom. The van der Waals surface area contributed by atoms with Crippen molar-refractivity contribution < 1.29 is 4.79 Å². The van der Waals surface area contributed by atoms with Gasteiger partial charge < -0.3 is 16.0 Å². The molecule has 1 aliphatic heterocycles. The van der Waals surface area contributed by atoms with E-state index in [1.54, 1.807) is 0 Å². The van der Waals surface area contributed by atoms with Crippen molar-refractivity contribution in [3.63, 3.8) is 0 Å². The number of likely N-dealkylation sites (N-methyl/N-ethyl adjacent to an activating group) is 1. The zero-order valence-corrected chi connectivity index (χ0v) is 12.3. The Morgan fingerprint density at radius 3 is 2.47 bits per heavy atom. The van der Waals surface area contributed by atoms with Gasteiger partial charge in [-0.15, -0.1) is 0 Å². The van der Waals surface area contributed by atoms with Crippen LogP contribution in [0.15, 0.2) is 0 Å². The molecule has 3 N–H and O–H groups in total. The van der Waals surface area contributed by atoms with E-state index in [9.17, 15) is 4.79 Å². The van der Waals surface area contributed by atoms with Crippen LogP contribution in [0.3, 0.4) is 0 Å². The van der Waals surface area contributed by atoms with Crippen molar-refractivity contribution in [2.24, 2.45) is 5.73 Å². The highest BCUT2D eigenvalue weighted by Gasteiger charge is 2.44. The highest BCUT2D eigenvalue weighted by Crippen LogP contribution is 2.33. The highest BCUT2D eigenvalue weighted by molar-refractivity contribution is 5.85. The molecule has 0 aromatic carbocycles. The number of primary amides is 1. The molecule has 2 atom stereocenters. The van der Waals surface area contributed by atoms with Crippen molar-refractivity contribution in [2.75, 3.05) is 19.6 Å². The van der Waals surface area contributed by atoms with Gasteiger partial charge >= 0.3 is 0 Å². The fraction of sp³-hybridized carbons (Fsp3) is 0.933. The normalized spacial score (nSPS) is 33.8. The number of hydrogen-bond donors (Lipinski definition) is 2. The summed E-state index contributed by atoms with van der Waals surface area (Å²) in [6.45, 7) is 5.26. The summed E-state index contributed by atoms with van der Waals surface area (Å²) in [5.41, 5.74) is 5.20. The van der Waals surface area contributed by atoms with Gasteiger partial charge in [0.25, 0.3) is 0 Å². The van der Waals surface area contributed by atoms with Crippen LogP contribution in [0.2, 0.25) is 0 Å². The van der Waals surface area contributed by atoms with Crippen molar-refractivity contribution in [2.45, 2.75) is 69.9 Å². The van der Waals surface area contributed by atoms with Crippen LogP contribution in [0.25, 0.3) is 0 Å². The second-order valence-corrected chi connectivity index (χ2v) is 6.18. The summed E-state index contributed by atoms with van der Waals surface area (Å²) in [7, 11) is 0. The Bertz CT molecular complexity index is 300. The van der Waals surface area contributed by atoms with E-state index >= 15 is 0 Å². The van der Waals surface area contributed by atoms with E-state index in [0.717, 1.165) is 25.8 Å². The van der Waals surface area contributed by atoms with Gasteiger partial charge in [-0.25, -0.2) is 0 Å². The minimum atomic E-state index is -0.443. The molecule has 0 spiro atoms. The predicted molar refractivity (Wildman–Crippen MR) is 77.9 cm³/mol. The molecule has 0 aromatic heterocycles. The number of nitrogens with two attached hydrogens (primary N) is 1. The summed E-state index contributed by atoms with van der Waals surface area (Å²) in [5, 5.41) is 3.35. The Labute approximate surface area is 117 Å². The van der Waals surface area contributed by atoms with E-state index in [-0.39, 0.29) is 5.91 Å². The fourth-order valence-electron chi connectivity index (χ4n) is 3.78. The third-order valence-electron chi connectivity index (χ3n) is 4.88. The highest BCUT2D eigenvalue weighted by atomic mass is 16.1. The smallest absolute Gasteiger partial charge is 0.237 e. The van der Waals surface area contributed by atoms with Gasteiger partial charge in [-0.05, 0) is 51.7 Å². The first-order valence-corrected chi connectivity index (χ1v) is 7.97. The van der Waals surface area contributed by atoms with Crippen LogP contribution in [-0.2, 0) is 4.79 Å². The molecular formula is C15H29N3O. The third kappa shape index (κ3) is 3.48. The second kappa shape index (κ2) is 6.71. The quantitative estimate of drug-likeness (QED) is 0.814. The lowest BCUT2D eigenvalue weighted by atomic mass is 9.96. The summed E-state index contributed by atoms with van der Waals surface area (Å²) in [4.78, 5) is 14.4. The molecule has 4 heteroatoms. The molecule has 4 nitrogen and oxygen atoms in total. The van der Waals surface area contributed by atoms with Crippen LogP contribution in [0.5, 0.6) is 0 Å². The van der Waals surface area contributed by atoms with Gasteiger partial charge in [-0.2, -0.15) is 0 Å². The maximum Gasteiger partial charge on any atom is 0.237 e. The van der Waals surface area contributed by atoms with Crippen LogP contribution in [0.1, 0.15) is 58.3 Å². The number of likely N-dealkylation sites (tertiary alicyclic amines) is 1. The summed E-state index contributed by atoms with van der Waals surface area (Å²) in [6, 6.07) is 0.546. The van der Waals surface area contributed by atoms with Crippen molar-refractivity contribution in [1.82, 2.24) is 10.2 Å². The molecule has 1 amide bonds. The molecule has 1 heterocycles. The SMILES string of the molecule is CCNC1(C(N)=O)CCC(N2CCCCCCC2)C1. The molecule has 1 saturated carbocycles. The Hall–Kier alpha value is -0.610. The van der Waals surface area contributed by atoms with Crippen LogP contribution < -0.4 is 11.1 Å². The first-order chi connectivity index (χ1) is 9.18. The number of amides is 1. The van der Waals surface area contributed by atoms with Gasteiger partial charge in [-0.3, -0.25) is 4.79 Å². The maximum atomic E-state index is 11.8. The van der Waals surface area contributed by atoms with Crippen molar-refractivity contribution in [3.8, 4) is 0 Å². The lowest BCUT2D eigenvalue weighted by Gasteiger charge is -2.32. The van der Waals surface area contributed by atoms with Gasteiger partial charge in [0, 0.05) is 6.04 Å². The molecule has 0 aromatic rings. The third-order valence-corrected chi connectivity index (χ3v) is 4.88. The van der Waals surface area contributed by atoms with E-state index in [2.05, 4.69) is 10.2 Å². The molecule has 2 fully saturated rings. The number of carbonyl (C=O) groups excluding carboxylic acids is 1. The first kappa shape index (κ1) is 14.8. The van der Waals surface area contributed by atoms with Gasteiger partial charge in [-0.1, -0.05) is 26.2 Å². The summed E-state index contributed by atoms with van der Waals surface area (Å²) < 4.78 is 0. The summed E-state index contributed by atoms with van der Waals surface area (Å²) in [5.74, 6) is -0.163. The molecule has 1 saturated heterocycles. The average Bonchev–Trinajstić information content (AvgIpc) is 2.74. The van der Waals surface area contributed by atoms with E-state index in [1.807, 2.05) is 6.92 Å². The molecule has 0 radical (unpaired) electrons. The largest absolute Gasteiger partial charge is 0.368 e. The van der Waals surface area contributed by atoms with E-state index in [0.29, 0.717) is 6.04 Å². The molecule has 1 aliphatic carbocycles. The molecule has 2 unspecified atom stereocenters. The number of nitrogens with zero attached hydrogens (tertiary/aromatic N) is 1. The Kier molecular flexibility index (Phi) is 5.22. The van der Waals surface area contributed by atoms with Gasteiger partial charge in [0.1, 0.15) is 0 Å². The molecule has 2 aliphatic rings. The fourth-order valence-corrected chi connectivity index (χ4v) is 3.78. The molecule has 19 heavy (non-hydrogen) atoms. The molecular weight excluding hydrogens is 238 g/mol. The van der Waals surface area contributed by atoms with Crippen LogP contribution in [-0.4, -0.2) is 42.0 Å². The Morgan fingerprint density at radius 1 is 1.26 bits per heavy atom. The van der Waals surface area contributed by atoms with E-state index in [4.69, 9.17) is 5.73 Å². The second-order valence-electron chi connectivity index (χ2n) is 6.18. The van der Waals surface area contributed by atoms with Gasteiger partial charge in [0.2, 0.25) is 5.91 Å². The molecule has 2 rings (SSSR count). The van der Waals surface area contributed by atoms with Crippen LogP contribution in [0, 0.1) is 0 Å². The van der Waals surface area contributed by atoms with Crippen molar-refractivity contribution >= 4 is 5.91 Å². The minimum Gasteiger partial charge on any atom is -0.368 e. The lowest BCUT2D eigenvalue weighted by molar-refractivity contribution is -0.124. The number of hydrogen-bond acceptors (Lipinski definition) is 3. The number of rotatable bonds is 4. The standard InChI is InChI=1S/C15H29N3O/c1-2-17-15(14(16)19)9-8-13(12-15)18-10-6-4-3-5-7-11-18/h13,17H,2-12H2,1H3,(H2,16,19). The van der Waals surface area contributed by atoms with E-state index in [1.165, 1.54) is 45.2 Å². The molecule has 110 valence electrons. The summed E-state index contributed by atoms with van der Waals surface area (Å²) >= 11 is 0. The van der Waals surface area contributed by atoms with Gasteiger partial charge in [0.05, 0.1) is 5.54 Å². The monoisotopic (exact) mass is 267 g/mol. The van der Waals surface area contributed by atoms with Crippen LogP contribution in [0.4, 0.5) is 0 Å². The van der Waals surface area contributed by atoms with Crippen LogP contribution >= 0.6 is 0 Å². The maximum absolute atomic E-state index is 11.8. The predicted octanol–water partition coefficient (Wildman–Crippen LogP) is 1.64. The number of nitrogens with one attached hydrogen (secondary N) is 1. The zero-order chi connectivity index (χ0) is 13.7. The first-order valence-electron chi connectivity index (χ1n) is 7.97. The number of carbonyl (C=O) groups is 1. The minimum absolute atomic E-state index is 0.163. The molecule has 0 bridgehead atoms. The lowest BCUT2D eigenvalue weighted by Crippen LogP contribution is -2.54.